The number of hydrogen-bond acceptors (Lipinski definition) is 6. The maximum atomic E-state index is 12.3. The van der Waals surface area contributed by atoms with E-state index < -0.39 is 28.5 Å². The van der Waals surface area contributed by atoms with E-state index in [0.29, 0.717) is 10.2 Å². The summed E-state index contributed by atoms with van der Waals surface area (Å²) in [7, 11) is -1.46. The van der Waals surface area contributed by atoms with Gasteiger partial charge < -0.3 is 10.1 Å². The van der Waals surface area contributed by atoms with Crippen molar-refractivity contribution in [1.29, 1.82) is 0 Å². The van der Waals surface area contributed by atoms with Crippen LogP contribution in [0.4, 0.5) is 5.69 Å². The molecule has 29 heavy (non-hydrogen) atoms. The molecule has 156 valence electrons. The molecule has 0 spiro atoms. The number of nitrogens with one attached hydrogen (secondary N) is 1. The van der Waals surface area contributed by atoms with Gasteiger partial charge in [0.15, 0.2) is 6.61 Å². The van der Waals surface area contributed by atoms with E-state index in [1.807, 2.05) is 32.9 Å². The van der Waals surface area contributed by atoms with Crippen LogP contribution in [-0.4, -0.2) is 45.5 Å². The van der Waals surface area contributed by atoms with Crippen molar-refractivity contribution in [2.24, 2.45) is 0 Å². The number of carbonyl (C=O) groups is 2. The molecule has 2 aromatic rings. The van der Waals surface area contributed by atoms with Crippen LogP contribution in [0.25, 0.3) is 0 Å². The molecule has 0 aliphatic heterocycles. The van der Waals surface area contributed by atoms with Crippen molar-refractivity contribution in [3.8, 4) is 0 Å². The molecular weight excluding hydrogens is 396 g/mol. The summed E-state index contributed by atoms with van der Waals surface area (Å²) in [6.07, 6.45) is 0. The van der Waals surface area contributed by atoms with Gasteiger partial charge in [0.05, 0.1) is 17.6 Å². The number of anilines is 1. The molecule has 0 atom stereocenters. The van der Waals surface area contributed by atoms with Crippen LogP contribution in [0, 0.1) is 20.8 Å². The third-order valence-corrected chi connectivity index (χ3v) is 5.91. The van der Waals surface area contributed by atoms with E-state index in [9.17, 15) is 18.0 Å². The number of rotatable bonds is 7. The smallest absolute Gasteiger partial charge is 0.338 e. The lowest BCUT2D eigenvalue weighted by Crippen LogP contribution is -2.26. The van der Waals surface area contributed by atoms with Crippen molar-refractivity contribution in [3.63, 3.8) is 0 Å². The predicted octanol–water partition coefficient (Wildman–Crippen LogP) is 2.59. The molecule has 2 rings (SSSR count). The highest BCUT2D eigenvalue weighted by atomic mass is 32.2. The standard InChI is InChI=1S/C20H24N2O6S/c1-13-9-14(2)19(15(3)10-13)21-18(23)12-28-20(24)16-7-6-8-17(11-16)29(25,26)22(4)27-5/h6-11H,12H2,1-5H3,(H,21,23). The normalized spacial score (nSPS) is 11.4. The first kappa shape index (κ1) is 22.5. The first-order valence-electron chi connectivity index (χ1n) is 8.74. The Morgan fingerprint density at radius 2 is 1.69 bits per heavy atom. The summed E-state index contributed by atoms with van der Waals surface area (Å²) in [5.41, 5.74) is 3.57. The Morgan fingerprint density at radius 1 is 1.07 bits per heavy atom. The Balaban J connectivity index is 2.06. The van der Waals surface area contributed by atoms with Gasteiger partial charge in [-0.05, 0) is 50.1 Å². The highest BCUT2D eigenvalue weighted by Gasteiger charge is 2.22. The van der Waals surface area contributed by atoms with Gasteiger partial charge in [-0.25, -0.2) is 13.2 Å². The molecular formula is C20H24N2O6S. The zero-order valence-corrected chi connectivity index (χ0v) is 17.8. The number of aryl methyl sites for hydroxylation is 3. The molecule has 0 bridgehead atoms. The number of esters is 1. The first-order valence-corrected chi connectivity index (χ1v) is 10.2. The van der Waals surface area contributed by atoms with Crippen molar-refractivity contribution >= 4 is 27.6 Å². The molecule has 9 heteroatoms. The van der Waals surface area contributed by atoms with Crippen molar-refractivity contribution in [3.05, 3.63) is 58.7 Å². The van der Waals surface area contributed by atoms with Crippen LogP contribution < -0.4 is 5.32 Å². The number of nitrogens with zero attached hydrogens (tertiary/aromatic N) is 1. The Kier molecular flexibility index (Phi) is 7.12. The quantitative estimate of drug-likeness (QED) is 0.546. The summed E-state index contributed by atoms with van der Waals surface area (Å²) in [5, 5.41) is 2.74. The molecule has 0 heterocycles. The van der Waals surface area contributed by atoms with E-state index in [1.165, 1.54) is 38.4 Å². The summed E-state index contributed by atoms with van der Waals surface area (Å²) < 4.78 is 30.3. The zero-order chi connectivity index (χ0) is 21.8. The lowest BCUT2D eigenvalue weighted by Gasteiger charge is -2.15. The molecule has 0 aromatic heterocycles. The Morgan fingerprint density at radius 3 is 2.28 bits per heavy atom. The van der Waals surface area contributed by atoms with E-state index in [2.05, 4.69) is 5.32 Å². The zero-order valence-electron chi connectivity index (χ0n) is 17.0. The first-order chi connectivity index (χ1) is 13.6. The SMILES string of the molecule is CON(C)S(=O)(=O)c1cccc(C(=O)OCC(=O)Nc2c(C)cc(C)cc2C)c1. The minimum absolute atomic E-state index is 0.00563. The predicted molar refractivity (Wildman–Crippen MR) is 108 cm³/mol. The number of sulfonamides is 1. The van der Waals surface area contributed by atoms with Crippen LogP contribution in [-0.2, 0) is 24.4 Å². The number of amides is 1. The van der Waals surface area contributed by atoms with Gasteiger partial charge in [0.2, 0.25) is 0 Å². The van der Waals surface area contributed by atoms with Crippen molar-refractivity contribution in [1.82, 2.24) is 4.47 Å². The molecule has 1 N–H and O–H groups in total. The van der Waals surface area contributed by atoms with Gasteiger partial charge in [0, 0.05) is 12.7 Å². The average molecular weight is 420 g/mol. The maximum absolute atomic E-state index is 12.3. The van der Waals surface area contributed by atoms with Crippen LogP contribution in [0.15, 0.2) is 41.3 Å². The highest BCUT2D eigenvalue weighted by Crippen LogP contribution is 2.22. The second-order valence-corrected chi connectivity index (χ2v) is 8.46. The molecule has 2 aromatic carbocycles. The largest absolute Gasteiger partial charge is 0.452 e. The summed E-state index contributed by atoms with van der Waals surface area (Å²) in [6.45, 7) is 5.22. The number of benzene rings is 2. The Hall–Kier alpha value is -2.75. The number of hydrogen-bond donors (Lipinski definition) is 1. The van der Waals surface area contributed by atoms with E-state index in [4.69, 9.17) is 9.57 Å². The minimum Gasteiger partial charge on any atom is -0.452 e. The molecule has 8 nitrogen and oxygen atoms in total. The van der Waals surface area contributed by atoms with E-state index >= 15 is 0 Å². The van der Waals surface area contributed by atoms with Crippen LogP contribution in [0.3, 0.4) is 0 Å². The van der Waals surface area contributed by atoms with Gasteiger partial charge in [-0.3, -0.25) is 9.63 Å². The lowest BCUT2D eigenvalue weighted by atomic mass is 10.1. The molecule has 0 unspecified atom stereocenters. The molecule has 0 saturated carbocycles. The molecule has 1 amide bonds. The van der Waals surface area contributed by atoms with Crippen molar-refractivity contribution in [2.45, 2.75) is 25.7 Å². The van der Waals surface area contributed by atoms with Gasteiger partial charge in [-0.15, -0.1) is 0 Å². The maximum Gasteiger partial charge on any atom is 0.338 e. The second-order valence-electron chi connectivity index (χ2n) is 6.52. The summed E-state index contributed by atoms with van der Waals surface area (Å²) in [6, 6.07) is 9.19. The summed E-state index contributed by atoms with van der Waals surface area (Å²) in [5.74, 6) is -1.30. The fourth-order valence-electron chi connectivity index (χ4n) is 2.80. The third-order valence-electron chi connectivity index (χ3n) is 4.24. The monoisotopic (exact) mass is 420 g/mol. The van der Waals surface area contributed by atoms with Gasteiger partial charge >= 0.3 is 5.97 Å². The molecule has 0 radical (unpaired) electrons. The van der Waals surface area contributed by atoms with Crippen LogP contribution in [0.2, 0.25) is 0 Å². The molecule has 0 aliphatic rings. The van der Waals surface area contributed by atoms with Crippen LogP contribution in [0.5, 0.6) is 0 Å². The van der Waals surface area contributed by atoms with Gasteiger partial charge in [-0.1, -0.05) is 28.2 Å². The number of ether oxygens (including phenoxy) is 1. The highest BCUT2D eigenvalue weighted by molar-refractivity contribution is 7.89. The van der Waals surface area contributed by atoms with Crippen molar-refractivity contribution in [2.75, 3.05) is 26.1 Å². The second kappa shape index (κ2) is 9.17. The summed E-state index contributed by atoms with van der Waals surface area (Å²) in [4.78, 5) is 29.0. The van der Waals surface area contributed by atoms with Gasteiger partial charge in [0.25, 0.3) is 15.9 Å². The van der Waals surface area contributed by atoms with Gasteiger partial charge in [0.1, 0.15) is 0 Å². The Bertz CT molecular complexity index is 1010. The summed E-state index contributed by atoms with van der Waals surface area (Å²) >= 11 is 0. The average Bonchev–Trinajstić information content (AvgIpc) is 2.68. The topological polar surface area (TPSA) is 102 Å². The molecule has 0 saturated heterocycles. The fourth-order valence-corrected chi connectivity index (χ4v) is 3.82. The van der Waals surface area contributed by atoms with E-state index in [0.717, 1.165) is 16.7 Å². The molecule has 0 fully saturated rings. The van der Waals surface area contributed by atoms with E-state index in [1.54, 1.807) is 0 Å². The number of carbonyl (C=O) groups excluding carboxylic acids is 2. The molecule has 0 aliphatic carbocycles. The van der Waals surface area contributed by atoms with Gasteiger partial charge in [-0.2, -0.15) is 0 Å². The Labute approximate surface area is 170 Å². The fraction of sp³-hybridized carbons (Fsp3) is 0.300. The number of hydroxylamine groups is 1. The lowest BCUT2D eigenvalue weighted by molar-refractivity contribution is -0.119. The van der Waals surface area contributed by atoms with E-state index in [-0.39, 0.29) is 10.5 Å². The van der Waals surface area contributed by atoms with Crippen LogP contribution in [0.1, 0.15) is 27.0 Å². The van der Waals surface area contributed by atoms with Crippen LogP contribution >= 0.6 is 0 Å². The minimum atomic E-state index is -3.91. The third kappa shape index (κ3) is 5.41. The van der Waals surface area contributed by atoms with Crippen molar-refractivity contribution < 1.29 is 27.6 Å².